The monoisotopic (exact) mass is 240 g/mol. The first kappa shape index (κ1) is 11.9. The van der Waals surface area contributed by atoms with E-state index in [1.165, 1.54) is 12.8 Å². The average molecular weight is 240 g/mol. The number of hydrogen-bond donors (Lipinski definition) is 1. The summed E-state index contributed by atoms with van der Waals surface area (Å²) in [5, 5.41) is 9.26. The van der Waals surface area contributed by atoms with Crippen LogP contribution in [-0.4, -0.2) is 30.2 Å². The summed E-state index contributed by atoms with van der Waals surface area (Å²) in [4.78, 5) is 0. The summed E-state index contributed by atoms with van der Waals surface area (Å²) in [7, 11) is 0. The van der Waals surface area contributed by atoms with Gasteiger partial charge in [-0.15, -0.1) is 0 Å². The SMILES string of the molecule is CCC12CCC(CC13OC[C@@H](CO)O3)C2(C)C. The molecule has 1 N–H and O–H groups in total. The molecule has 4 atom stereocenters. The van der Waals surface area contributed by atoms with Gasteiger partial charge in [-0.05, 0) is 30.6 Å². The molecule has 3 heteroatoms. The molecule has 3 aliphatic rings. The Morgan fingerprint density at radius 2 is 2.12 bits per heavy atom. The van der Waals surface area contributed by atoms with Crippen molar-refractivity contribution < 1.29 is 14.6 Å². The lowest BCUT2D eigenvalue weighted by atomic mass is 9.65. The zero-order valence-corrected chi connectivity index (χ0v) is 11.2. The van der Waals surface area contributed by atoms with E-state index in [4.69, 9.17) is 9.47 Å². The van der Waals surface area contributed by atoms with E-state index in [0.29, 0.717) is 17.9 Å². The molecular formula is C14H24O3. The number of hydrogen-bond acceptors (Lipinski definition) is 3. The normalized spacial score (nSPS) is 51.5. The van der Waals surface area contributed by atoms with E-state index in [-0.39, 0.29) is 18.1 Å². The Morgan fingerprint density at radius 3 is 2.65 bits per heavy atom. The Kier molecular flexibility index (Phi) is 2.43. The topological polar surface area (TPSA) is 38.7 Å². The van der Waals surface area contributed by atoms with Crippen LogP contribution < -0.4 is 0 Å². The Bertz CT molecular complexity index is 327. The molecule has 17 heavy (non-hydrogen) atoms. The van der Waals surface area contributed by atoms with Gasteiger partial charge in [-0.3, -0.25) is 0 Å². The van der Waals surface area contributed by atoms with Crippen molar-refractivity contribution in [3.8, 4) is 0 Å². The predicted molar refractivity (Wildman–Crippen MR) is 64.5 cm³/mol. The molecule has 2 bridgehead atoms. The van der Waals surface area contributed by atoms with Gasteiger partial charge in [-0.2, -0.15) is 0 Å². The summed E-state index contributed by atoms with van der Waals surface area (Å²) in [6.45, 7) is 7.65. The molecule has 2 saturated carbocycles. The molecule has 1 spiro atoms. The van der Waals surface area contributed by atoms with Crippen LogP contribution in [0.1, 0.15) is 46.5 Å². The molecule has 3 unspecified atom stereocenters. The van der Waals surface area contributed by atoms with Crippen LogP contribution in [0.4, 0.5) is 0 Å². The second-order valence-electron chi connectivity index (χ2n) is 6.58. The number of fused-ring (bicyclic) bond motifs is 3. The van der Waals surface area contributed by atoms with E-state index in [0.717, 1.165) is 12.8 Å². The van der Waals surface area contributed by atoms with Crippen LogP contribution in [0.3, 0.4) is 0 Å². The molecule has 1 heterocycles. The largest absolute Gasteiger partial charge is 0.394 e. The van der Waals surface area contributed by atoms with Crippen LogP contribution in [0.5, 0.6) is 0 Å². The van der Waals surface area contributed by atoms with Crippen LogP contribution in [-0.2, 0) is 9.47 Å². The fourth-order valence-electron chi connectivity index (χ4n) is 4.97. The lowest BCUT2D eigenvalue weighted by molar-refractivity contribution is -0.253. The lowest BCUT2D eigenvalue weighted by Gasteiger charge is -2.47. The van der Waals surface area contributed by atoms with Crippen molar-refractivity contribution in [2.45, 2.75) is 58.3 Å². The zero-order chi connectivity index (χ0) is 12.3. The zero-order valence-electron chi connectivity index (χ0n) is 11.2. The van der Waals surface area contributed by atoms with Crippen molar-refractivity contribution in [3.05, 3.63) is 0 Å². The van der Waals surface area contributed by atoms with Crippen molar-refractivity contribution in [1.82, 2.24) is 0 Å². The summed E-state index contributed by atoms with van der Waals surface area (Å²) in [6.07, 6.45) is 4.52. The molecule has 0 amide bonds. The fraction of sp³-hybridized carbons (Fsp3) is 1.00. The first-order chi connectivity index (χ1) is 8.01. The molecule has 1 aliphatic heterocycles. The minimum absolute atomic E-state index is 0.0760. The number of ether oxygens (including phenoxy) is 2. The smallest absolute Gasteiger partial charge is 0.175 e. The Labute approximate surface area is 103 Å². The van der Waals surface area contributed by atoms with Gasteiger partial charge >= 0.3 is 0 Å². The van der Waals surface area contributed by atoms with Crippen molar-refractivity contribution in [1.29, 1.82) is 0 Å². The highest BCUT2D eigenvalue weighted by Gasteiger charge is 2.73. The molecule has 0 radical (unpaired) electrons. The van der Waals surface area contributed by atoms with Gasteiger partial charge in [-0.25, -0.2) is 0 Å². The number of aliphatic hydroxyl groups is 1. The molecule has 1 saturated heterocycles. The van der Waals surface area contributed by atoms with Crippen LogP contribution in [0.15, 0.2) is 0 Å². The molecule has 3 nitrogen and oxygen atoms in total. The molecule has 3 fully saturated rings. The summed E-state index contributed by atoms with van der Waals surface area (Å²) < 4.78 is 12.2. The van der Waals surface area contributed by atoms with E-state index in [9.17, 15) is 5.11 Å². The average Bonchev–Trinajstić information content (AvgIpc) is 2.88. The quantitative estimate of drug-likeness (QED) is 0.805. The van der Waals surface area contributed by atoms with E-state index < -0.39 is 5.79 Å². The van der Waals surface area contributed by atoms with Gasteiger partial charge in [0.15, 0.2) is 5.79 Å². The van der Waals surface area contributed by atoms with Crippen molar-refractivity contribution in [3.63, 3.8) is 0 Å². The third-order valence-electron chi connectivity index (χ3n) is 6.08. The molecule has 98 valence electrons. The fourth-order valence-corrected chi connectivity index (χ4v) is 4.97. The maximum Gasteiger partial charge on any atom is 0.175 e. The second kappa shape index (κ2) is 3.46. The Morgan fingerprint density at radius 1 is 1.35 bits per heavy atom. The maximum atomic E-state index is 9.26. The van der Waals surface area contributed by atoms with E-state index in [1.807, 2.05) is 0 Å². The number of aliphatic hydroxyl groups excluding tert-OH is 1. The summed E-state index contributed by atoms with van der Waals surface area (Å²) in [5.74, 6) is 0.307. The maximum absolute atomic E-state index is 9.26. The minimum Gasteiger partial charge on any atom is -0.394 e. The van der Waals surface area contributed by atoms with Gasteiger partial charge in [0.25, 0.3) is 0 Å². The Balaban J connectivity index is 1.98. The highest BCUT2D eigenvalue weighted by atomic mass is 16.8. The third-order valence-corrected chi connectivity index (χ3v) is 6.08. The van der Waals surface area contributed by atoms with Gasteiger partial charge in [0.05, 0.1) is 13.2 Å². The Hall–Kier alpha value is -0.120. The molecular weight excluding hydrogens is 216 g/mol. The second-order valence-corrected chi connectivity index (χ2v) is 6.58. The molecule has 3 rings (SSSR count). The first-order valence-corrected chi connectivity index (χ1v) is 6.94. The van der Waals surface area contributed by atoms with Gasteiger partial charge in [-0.1, -0.05) is 20.8 Å². The van der Waals surface area contributed by atoms with E-state index >= 15 is 0 Å². The lowest BCUT2D eigenvalue weighted by Crippen LogP contribution is -2.50. The predicted octanol–water partition coefficient (Wildman–Crippen LogP) is 2.33. The standard InChI is InChI=1S/C14H24O3/c1-4-13-6-5-10(12(13,2)3)7-14(13)16-9-11(8-15)17-14/h10-11,15H,4-9H2,1-3H3/t10?,11-,13?,14?/m1/s1. The van der Waals surface area contributed by atoms with Crippen LogP contribution in [0.2, 0.25) is 0 Å². The van der Waals surface area contributed by atoms with E-state index in [1.54, 1.807) is 0 Å². The highest BCUT2D eigenvalue weighted by Crippen LogP contribution is 2.73. The number of rotatable bonds is 2. The van der Waals surface area contributed by atoms with Crippen LogP contribution in [0.25, 0.3) is 0 Å². The molecule has 2 aliphatic carbocycles. The summed E-state index contributed by atoms with van der Waals surface area (Å²) >= 11 is 0. The van der Waals surface area contributed by atoms with Crippen molar-refractivity contribution in [2.24, 2.45) is 16.7 Å². The highest BCUT2D eigenvalue weighted by molar-refractivity contribution is 5.17. The van der Waals surface area contributed by atoms with Crippen molar-refractivity contribution >= 4 is 0 Å². The minimum atomic E-state index is -0.401. The van der Waals surface area contributed by atoms with E-state index in [2.05, 4.69) is 20.8 Å². The van der Waals surface area contributed by atoms with Crippen molar-refractivity contribution in [2.75, 3.05) is 13.2 Å². The van der Waals surface area contributed by atoms with Gasteiger partial charge in [0, 0.05) is 11.8 Å². The molecule has 0 aromatic heterocycles. The van der Waals surface area contributed by atoms with Crippen LogP contribution in [0, 0.1) is 16.7 Å². The molecule has 0 aromatic rings. The van der Waals surface area contributed by atoms with Gasteiger partial charge in [0.1, 0.15) is 6.10 Å². The first-order valence-electron chi connectivity index (χ1n) is 6.94. The third kappa shape index (κ3) is 1.18. The molecule has 0 aromatic carbocycles. The van der Waals surface area contributed by atoms with Gasteiger partial charge < -0.3 is 14.6 Å². The van der Waals surface area contributed by atoms with Crippen LogP contribution >= 0.6 is 0 Å². The van der Waals surface area contributed by atoms with Gasteiger partial charge in [0.2, 0.25) is 0 Å². The summed E-state index contributed by atoms with van der Waals surface area (Å²) in [5.41, 5.74) is 0.445. The summed E-state index contributed by atoms with van der Waals surface area (Å²) in [6, 6.07) is 0.